The Balaban J connectivity index is 0.00000208. The van der Waals surface area contributed by atoms with Gasteiger partial charge >= 0.3 is 0 Å². The van der Waals surface area contributed by atoms with Gasteiger partial charge in [-0.3, -0.25) is 4.79 Å². The first-order valence-electron chi connectivity index (χ1n) is 8.34. The lowest BCUT2D eigenvalue weighted by atomic mass is 9.96. The molecule has 1 aromatic heterocycles. The van der Waals surface area contributed by atoms with Crippen LogP contribution in [0.1, 0.15) is 35.3 Å². The minimum Gasteiger partial charge on any atom is -0.352 e. The van der Waals surface area contributed by atoms with Gasteiger partial charge in [0.05, 0.1) is 16.9 Å². The second-order valence-electron chi connectivity index (χ2n) is 6.17. The number of amides is 1. The van der Waals surface area contributed by atoms with E-state index < -0.39 is 0 Å². The molecule has 2 heterocycles. The number of hydrogen-bond acceptors (Lipinski definition) is 3. The molecule has 1 aliphatic rings. The lowest BCUT2D eigenvalue weighted by Crippen LogP contribution is -2.33. The molecule has 2 aromatic rings. The van der Waals surface area contributed by atoms with E-state index in [1.54, 1.807) is 4.68 Å². The number of hydrogen-bond donors (Lipinski definition) is 2. The van der Waals surface area contributed by atoms with Crippen LogP contribution in [0.2, 0.25) is 0 Å². The van der Waals surface area contributed by atoms with E-state index in [-0.39, 0.29) is 18.3 Å². The fourth-order valence-corrected chi connectivity index (χ4v) is 3.05. The maximum Gasteiger partial charge on any atom is 0.254 e. The van der Waals surface area contributed by atoms with Gasteiger partial charge in [-0.15, -0.1) is 12.4 Å². The summed E-state index contributed by atoms with van der Waals surface area (Å²) in [7, 11) is 0. The molecule has 0 radical (unpaired) electrons. The molecule has 3 rings (SSSR count). The number of carbonyl (C=O) groups is 1. The highest BCUT2D eigenvalue weighted by atomic mass is 35.5. The van der Waals surface area contributed by atoms with Crippen LogP contribution in [0.5, 0.6) is 0 Å². The smallest absolute Gasteiger partial charge is 0.254 e. The zero-order valence-corrected chi connectivity index (χ0v) is 14.8. The molecule has 130 valence electrons. The van der Waals surface area contributed by atoms with Gasteiger partial charge in [-0.25, -0.2) is 4.68 Å². The number of nitrogens with zero attached hydrogens (tertiary/aromatic N) is 2. The highest BCUT2D eigenvalue weighted by Crippen LogP contribution is 2.14. The third-order valence-corrected chi connectivity index (χ3v) is 4.40. The van der Waals surface area contributed by atoms with Gasteiger partial charge in [-0.2, -0.15) is 5.10 Å². The number of aromatic nitrogens is 2. The summed E-state index contributed by atoms with van der Waals surface area (Å²) < 4.78 is 1.76. The van der Waals surface area contributed by atoms with Crippen molar-refractivity contribution in [2.24, 2.45) is 5.92 Å². The first kappa shape index (κ1) is 18.5. The number of halogens is 1. The van der Waals surface area contributed by atoms with Crippen molar-refractivity contribution in [2.45, 2.75) is 26.2 Å². The van der Waals surface area contributed by atoms with Gasteiger partial charge in [-0.05, 0) is 57.3 Å². The van der Waals surface area contributed by atoms with Crippen LogP contribution in [-0.2, 0) is 0 Å². The van der Waals surface area contributed by atoms with E-state index in [0.29, 0.717) is 11.5 Å². The summed E-state index contributed by atoms with van der Waals surface area (Å²) in [5, 5.41) is 10.9. The first-order valence-corrected chi connectivity index (χ1v) is 8.34. The summed E-state index contributed by atoms with van der Waals surface area (Å²) in [6, 6.07) is 9.84. The van der Waals surface area contributed by atoms with Crippen molar-refractivity contribution in [2.75, 3.05) is 19.6 Å². The van der Waals surface area contributed by atoms with Gasteiger partial charge in [0, 0.05) is 12.7 Å². The molecule has 1 aromatic carbocycles. The molecule has 0 bridgehead atoms. The van der Waals surface area contributed by atoms with Crippen molar-refractivity contribution in [3.05, 3.63) is 47.8 Å². The Hall–Kier alpha value is -1.85. The van der Waals surface area contributed by atoms with E-state index >= 15 is 0 Å². The number of benzene rings is 1. The van der Waals surface area contributed by atoms with E-state index in [2.05, 4.69) is 15.7 Å². The van der Waals surface area contributed by atoms with E-state index in [1.807, 2.05) is 43.5 Å². The molecular formula is C18H25ClN4O. The van der Waals surface area contributed by atoms with Gasteiger partial charge in [0.2, 0.25) is 0 Å². The van der Waals surface area contributed by atoms with Crippen molar-refractivity contribution in [1.29, 1.82) is 0 Å². The highest BCUT2D eigenvalue weighted by Gasteiger charge is 2.16. The molecule has 0 spiro atoms. The standard InChI is InChI=1S/C18H24N4O.ClH/c1-14-17(13-22(21-14)16-7-3-2-4-8-16)18(23)20-11-9-15-6-5-10-19-12-15;/h2-4,7-8,13,15,19H,5-6,9-12H2,1H3,(H,20,23);1H. The topological polar surface area (TPSA) is 59.0 Å². The van der Waals surface area contributed by atoms with Crippen LogP contribution in [0, 0.1) is 12.8 Å². The Morgan fingerprint density at radius 2 is 2.17 bits per heavy atom. The molecule has 1 atom stereocenters. The Morgan fingerprint density at radius 1 is 1.38 bits per heavy atom. The molecule has 1 saturated heterocycles. The SMILES string of the molecule is Cc1nn(-c2ccccc2)cc1C(=O)NCCC1CCCNC1.Cl. The summed E-state index contributed by atoms with van der Waals surface area (Å²) in [4.78, 5) is 12.4. The van der Waals surface area contributed by atoms with Gasteiger partial charge in [0.25, 0.3) is 5.91 Å². The lowest BCUT2D eigenvalue weighted by Gasteiger charge is -2.22. The minimum absolute atomic E-state index is 0. The summed E-state index contributed by atoms with van der Waals surface area (Å²) >= 11 is 0. The Labute approximate surface area is 149 Å². The first-order chi connectivity index (χ1) is 11.2. The summed E-state index contributed by atoms with van der Waals surface area (Å²) in [5.41, 5.74) is 2.37. The monoisotopic (exact) mass is 348 g/mol. The van der Waals surface area contributed by atoms with Crippen molar-refractivity contribution in [3.63, 3.8) is 0 Å². The molecular weight excluding hydrogens is 324 g/mol. The van der Waals surface area contributed by atoms with Crippen molar-refractivity contribution in [3.8, 4) is 5.69 Å². The van der Waals surface area contributed by atoms with Crippen LogP contribution in [-0.4, -0.2) is 35.3 Å². The Bertz CT molecular complexity index is 650. The maximum absolute atomic E-state index is 12.4. The number of rotatable bonds is 5. The van der Waals surface area contributed by atoms with Gasteiger partial charge in [0.15, 0.2) is 0 Å². The van der Waals surface area contributed by atoms with Crippen LogP contribution < -0.4 is 10.6 Å². The summed E-state index contributed by atoms with van der Waals surface area (Å²) in [6.45, 7) is 4.79. The lowest BCUT2D eigenvalue weighted by molar-refractivity contribution is 0.0950. The predicted octanol–water partition coefficient (Wildman–Crippen LogP) is 2.72. The molecule has 0 saturated carbocycles. The minimum atomic E-state index is -0.0338. The molecule has 2 N–H and O–H groups in total. The summed E-state index contributed by atoms with van der Waals surface area (Å²) in [6.07, 6.45) is 5.34. The predicted molar refractivity (Wildman–Crippen MR) is 98.1 cm³/mol. The van der Waals surface area contributed by atoms with E-state index in [1.165, 1.54) is 12.8 Å². The molecule has 0 aliphatic carbocycles. The van der Waals surface area contributed by atoms with Crippen molar-refractivity contribution >= 4 is 18.3 Å². The second kappa shape index (κ2) is 8.85. The zero-order valence-electron chi connectivity index (χ0n) is 14.0. The number of nitrogens with one attached hydrogen (secondary N) is 2. The van der Waals surface area contributed by atoms with Gasteiger partial charge in [0.1, 0.15) is 0 Å². The van der Waals surface area contributed by atoms with Crippen LogP contribution >= 0.6 is 12.4 Å². The third kappa shape index (κ3) is 4.58. The molecule has 6 heteroatoms. The van der Waals surface area contributed by atoms with Crippen molar-refractivity contribution < 1.29 is 4.79 Å². The summed E-state index contributed by atoms with van der Waals surface area (Å²) in [5.74, 6) is 0.644. The average molecular weight is 349 g/mol. The van der Waals surface area contributed by atoms with E-state index in [0.717, 1.165) is 37.4 Å². The second-order valence-corrected chi connectivity index (χ2v) is 6.17. The molecule has 1 unspecified atom stereocenters. The van der Waals surface area contributed by atoms with Crippen LogP contribution in [0.25, 0.3) is 5.69 Å². The average Bonchev–Trinajstić information content (AvgIpc) is 2.98. The number of piperidine rings is 1. The van der Waals surface area contributed by atoms with Crippen molar-refractivity contribution in [1.82, 2.24) is 20.4 Å². The molecule has 1 fully saturated rings. The zero-order chi connectivity index (χ0) is 16.1. The highest BCUT2D eigenvalue weighted by molar-refractivity contribution is 5.95. The Kier molecular flexibility index (Phi) is 6.82. The van der Waals surface area contributed by atoms with Crippen LogP contribution in [0.15, 0.2) is 36.5 Å². The van der Waals surface area contributed by atoms with Gasteiger partial charge in [-0.1, -0.05) is 18.2 Å². The molecule has 5 nitrogen and oxygen atoms in total. The van der Waals surface area contributed by atoms with Crippen LogP contribution in [0.4, 0.5) is 0 Å². The number of aryl methyl sites for hydroxylation is 1. The molecule has 1 amide bonds. The normalized spacial score (nSPS) is 17.1. The Morgan fingerprint density at radius 3 is 2.88 bits per heavy atom. The largest absolute Gasteiger partial charge is 0.352 e. The van der Waals surface area contributed by atoms with E-state index in [9.17, 15) is 4.79 Å². The van der Waals surface area contributed by atoms with Gasteiger partial charge < -0.3 is 10.6 Å². The molecule has 24 heavy (non-hydrogen) atoms. The fraction of sp³-hybridized carbons (Fsp3) is 0.444. The quantitative estimate of drug-likeness (QED) is 0.873. The number of para-hydroxylation sites is 1. The van der Waals surface area contributed by atoms with E-state index in [4.69, 9.17) is 0 Å². The fourth-order valence-electron chi connectivity index (χ4n) is 3.05. The maximum atomic E-state index is 12.4. The molecule has 1 aliphatic heterocycles. The third-order valence-electron chi connectivity index (χ3n) is 4.40. The van der Waals surface area contributed by atoms with Crippen LogP contribution in [0.3, 0.4) is 0 Å². The number of carbonyl (C=O) groups excluding carboxylic acids is 1.